The monoisotopic (exact) mass is 454 g/mol. The molecular weight excluding hydrogens is 416 g/mol. The van der Waals surface area contributed by atoms with Crippen molar-refractivity contribution in [2.75, 3.05) is 76.7 Å². The second-order valence-corrected chi connectivity index (χ2v) is 7.43. The molecule has 2 saturated heterocycles. The zero-order valence-electron chi connectivity index (χ0n) is 19.7. The summed E-state index contributed by atoms with van der Waals surface area (Å²) < 4.78 is 63.5. The van der Waals surface area contributed by atoms with Gasteiger partial charge in [0, 0.05) is 56.9 Å². The number of hydrogen-bond donors (Lipinski definition) is 0. The molecule has 2 fully saturated rings. The van der Waals surface area contributed by atoms with E-state index in [1.165, 1.54) is 0 Å². The van der Waals surface area contributed by atoms with Gasteiger partial charge in [-0.05, 0) is 0 Å². The summed E-state index contributed by atoms with van der Waals surface area (Å²) in [5.41, 5.74) is 0. The molecule has 0 amide bonds. The number of ether oxygens (including phenoxy) is 11. The number of hydrogen-bond acceptors (Lipinski definition) is 11. The van der Waals surface area contributed by atoms with Crippen LogP contribution in [0.1, 0.15) is 0 Å². The van der Waals surface area contributed by atoms with Crippen molar-refractivity contribution < 1.29 is 52.1 Å². The molecule has 0 aromatic rings. The van der Waals surface area contributed by atoms with Crippen molar-refractivity contribution in [2.24, 2.45) is 0 Å². The van der Waals surface area contributed by atoms with Crippen LogP contribution in [-0.2, 0) is 52.1 Å². The van der Waals surface area contributed by atoms with E-state index in [2.05, 4.69) is 0 Å². The van der Waals surface area contributed by atoms with Crippen LogP contribution in [0.5, 0.6) is 0 Å². The van der Waals surface area contributed by atoms with Gasteiger partial charge in [-0.1, -0.05) is 0 Å². The molecule has 2 heterocycles. The summed E-state index contributed by atoms with van der Waals surface area (Å²) >= 11 is 0. The van der Waals surface area contributed by atoms with Crippen molar-refractivity contribution in [2.45, 2.75) is 54.8 Å². The fraction of sp³-hybridized carbons (Fsp3) is 1.00. The largest absolute Gasteiger partial charge is 0.382 e. The third kappa shape index (κ3) is 5.56. The van der Waals surface area contributed by atoms with E-state index in [-0.39, 0.29) is 19.8 Å². The van der Waals surface area contributed by atoms with Gasteiger partial charge in [0.25, 0.3) is 0 Å². The Balaban J connectivity index is 2.38. The molecule has 0 aliphatic carbocycles. The molecule has 2 rings (SSSR count). The van der Waals surface area contributed by atoms with E-state index < -0.39 is 54.8 Å². The highest BCUT2D eigenvalue weighted by molar-refractivity contribution is 5.01. The molecule has 184 valence electrons. The van der Waals surface area contributed by atoms with Crippen LogP contribution in [0.25, 0.3) is 0 Å². The second-order valence-electron chi connectivity index (χ2n) is 7.43. The highest BCUT2D eigenvalue weighted by atomic mass is 16.8. The Morgan fingerprint density at radius 2 is 1.19 bits per heavy atom. The first-order valence-electron chi connectivity index (χ1n) is 10.1. The third-order valence-corrected chi connectivity index (χ3v) is 5.71. The van der Waals surface area contributed by atoms with Gasteiger partial charge in [0.15, 0.2) is 6.29 Å². The van der Waals surface area contributed by atoms with E-state index in [1.54, 1.807) is 56.9 Å². The first kappa shape index (κ1) is 26.8. The van der Waals surface area contributed by atoms with Gasteiger partial charge in [-0.3, -0.25) is 0 Å². The van der Waals surface area contributed by atoms with Crippen molar-refractivity contribution in [3.8, 4) is 0 Å². The van der Waals surface area contributed by atoms with E-state index >= 15 is 0 Å². The van der Waals surface area contributed by atoms with E-state index in [0.29, 0.717) is 0 Å². The maximum atomic E-state index is 6.45. The summed E-state index contributed by atoms with van der Waals surface area (Å²) in [4.78, 5) is 0. The molecule has 0 bridgehead atoms. The molecule has 9 atom stereocenters. The topological polar surface area (TPSA) is 102 Å². The van der Waals surface area contributed by atoms with Crippen LogP contribution >= 0.6 is 0 Å². The minimum Gasteiger partial charge on any atom is -0.382 e. The maximum absolute atomic E-state index is 6.45. The predicted molar refractivity (Wildman–Crippen MR) is 107 cm³/mol. The van der Waals surface area contributed by atoms with Gasteiger partial charge in [-0.2, -0.15) is 0 Å². The lowest BCUT2D eigenvalue weighted by molar-refractivity contribution is -0.390. The molecule has 11 nitrogen and oxygen atoms in total. The summed E-state index contributed by atoms with van der Waals surface area (Å²) in [6.07, 6.45) is -4.42. The Morgan fingerprint density at radius 3 is 1.68 bits per heavy atom. The fourth-order valence-corrected chi connectivity index (χ4v) is 4.43. The van der Waals surface area contributed by atoms with Crippen LogP contribution in [0, 0.1) is 0 Å². The lowest BCUT2D eigenvalue weighted by atomic mass is 9.98. The summed E-state index contributed by atoms with van der Waals surface area (Å²) in [5, 5.41) is 0. The Bertz CT molecular complexity index is 510. The Labute approximate surface area is 184 Å². The lowest BCUT2D eigenvalue weighted by Crippen LogP contribution is -2.64. The minimum absolute atomic E-state index is 0.0577. The van der Waals surface area contributed by atoms with E-state index in [1.807, 2.05) is 0 Å². The van der Waals surface area contributed by atoms with Crippen LogP contribution in [0.15, 0.2) is 0 Å². The molecule has 0 spiro atoms. The van der Waals surface area contributed by atoms with Gasteiger partial charge in [0.05, 0.1) is 13.2 Å². The molecule has 2 aliphatic rings. The van der Waals surface area contributed by atoms with Crippen molar-refractivity contribution in [1.82, 2.24) is 0 Å². The minimum atomic E-state index is -1.34. The van der Waals surface area contributed by atoms with Crippen LogP contribution in [-0.4, -0.2) is 132 Å². The predicted octanol–water partition coefficient (Wildman–Crippen LogP) is -0.163. The van der Waals surface area contributed by atoms with Gasteiger partial charge >= 0.3 is 0 Å². The first-order valence-corrected chi connectivity index (χ1v) is 10.1. The molecule has 0 aromatic carbocycles. The molecule has 0 saturated carbocycles. The SMILES string of the molecule is COC[C@@H]1O[C@](COC)(O[C@@H]2O[C@H](COC)[C@H](OC)[C@H](OC)[C@@H]2OC)[C@H](OC)[C@@H]1OC. The smallest absolute Gasteiger partial charge is 0.224 e. The Kier molecular flexibility index (Phi) is 11.0. The van der Waals surface area contributed by atoms with Gasteiger partial charge in [0.2, 0.25) is 5.79 Å². The van der Waals surface area contributed by atoms with Crippen molar-refractivity contribution in [3.63, 3.8) is 0 Å². The van der Waals surface area contributed by atoms with Gasteiger partial charge in [-0.25, -0.2) is 0 Å². The molecule has 11 heteroatoms. The quantitative estimate of drug-likeness (QED) is 0.371. The zero-order chi connectivity index (χ0) is 23.0. The second kappa shape index (κ2) is 12.7. The molecule has 0 unspecified atom stereocenters. The number of rotatable bonds is 13. The van der Waals surface area contributed by atoms with Gasteiger partial charge in [0.1, 0.15) is 49.3 Å². The first-order chi connectivity index (χ1) is 15.0. The van der Waals surface area contributed by atoms with Crippen molar-refractivity contribution >= 4 is 0 Å². The molecule has 2 aliphatic heterocycles. The molecule has 0 N–H and O–H groups in total. The van der Waals surface area contributed by atoms with Crippen LogP contribution in [0.2, 0.25) is 0 Å². The van der Waals surface area contributed by atoms with Gasteiger partial charge in [-0.15, -0.1) is 0 Å². The summed E-state index contributed by atoms with van der Waals surface area (Å²) in [6.45, 7) is 0.612. The summed E-state index contributed by atoms with van der Waals surface area (Å²) in [5.74, 6) is -1.34. The zero-order valence-corrected chi connectivity index (χ0v) is 19.7. The average molecular weight is 455 g/mol. The van der Waals surface area contributed by atoms with E-state index in [9.17, 15) is 0 Å². The fourth-order valence-electron chi connectivity index (χ4n) is 4.43. The van der Waals surface area contributed by atoms with E-state index in [0.717, 1.165) is 0 Å². The Morgan fingerprint density at radius 1 is 0.613 bits per heavy atom. The number of methoxy groups -OCH3 is 8. The van der Waals surface area contributed by atoms with Gasteiger partial charge < -0.3 is 52.1 Å². The van der Waals surface area contributed by atoms with Crippen LogP contribution in [0.4, 0.5) is 0 Å². The van der Waals surface area contributed by atoms with E-state index in [4.69, 9.17) is 52.1 Å². The highest BCUT2D eigenvalue weighted by Crippen LogP contribution is 2.40. The molecule has 0 aromatic heterocycles. The standard InChI is InChI=1S/C20H38O11/c1-21-9-12-14(24-4)16(26-6)17(27-7)19(29-12)31-20(11-23-3)18(28-8)15(25-5)13(30-20)10-22-2/h12-19H,9-11H2,1-8H3/t12-,13+,14+,15-,16+,17+,18-,19+,20-/m1/s1. The lowest BCUT2D eigenvalue weighted by Gasteiger charge is -2.47. The molecule has 0 radical (unpaired) electrons. The van der Waals surface area contributed by atoms with Crippen LogP contribution in [0.3, 0.4) is 0 Å². The van der Waals surface area contributed by atoms with Crippen molar-refractivity contribution in [3.05, 3.63) is 0 Å². The average Bonchev–Trinajstić information content (AvgIpc) is 3.05. The van der Waals surface area contributed by atoms with Crippen LogP contribution < -0.4 is 0 Å². The maximum Gasteiger partial charge on any atom is 0.224 e. The van der Waals surface area contributed by atoms with Crippen molar-refractivity contribution in [1.29, 1.82) is 0 Å². The molecular formula is C20H38O11. The summed E-state index contributed by atoms with van der Waals surface area (Å²) in [7, 11) is 12.6. The highest BCUT2D eigenvalue weighted by Gasteiger charge is 2.60. The molecule has 31 heavy (non-hydrogen) atoms. The third-order valence-electron chi connectivity index (χ3n) is 5.71. The summed E-state index contributed by atoms with van der Waals surface area (Å²) in [6, 6.07) is 0. The Hall–Kier alpha value is -0.440. The normalized spacial score (nSPS) is 41.0.